The Morgan fingerprint density at radius 3 is 1.47 bits per heavy atom. The van der Waals surface area contributed by atoms with E-state index in [1.54, 1.807) is 0 Å². The van der Waals surface area contributed by atoms with E-state index in [4.69, 9.17) is 0 Å². The molecule has 0 amide bonds. The number of rotatable bonds is 5. The van der Waals surface area contributed by atoms with E-state index in [0.29, 0.717) is 5.92 Å². The van der Waals surface area contributed by atoms with E-state index < -0.39 is 0 Å². The highest BCUT2D eigenvalue weighted by molar-refractivity contribution is 6.13. The molecule has 0 bridgehead atoms. The number of fused-ring (bicyclic) bond motifs is 6. The van der Waals surface area contributed by atoms with E-state index >= 15 is 0 Å². The summed E-state index contributed by atoms with van der Waals surface area (Å²) in [5.41, 5.74) is 15.1. The van der Waals surface area contributed by atoms with Crippen molar-refractivity contribution in [2.24, 2.45) is 5.92 Å². The molecular formula is C49H36N2. The number of benzene rings is 7. The van der Waals surface area contributed by atoms with E-state index in [9.17, 15) is 0 Å². The van der Waals surface area contributed by atoms with Crippen LogP contribution >= 0.6 is 0 Å². The van der Waals surface area contributed by atoms with E-state index in [0.717, 1.165) is 6.42 Å². The van der Waals surface area contributed by atoms with Crippen LogP contribution in [0.5, 0.6) is 0 Å². The first-order valence-corrected chi connectivity index (χ1v) is 17.9. The summed E-state index contributed by atoms with van der Waals surface area (Å²) in [4.78, 5) is 0. The first-order valence-electron chi connectivity index (χ1n) is 17.9. The average molecular weight is 653 g/mol. The molecule has 7 aromatic carbocycles. The molecule has 1 atom stereocenters. The van der Waals surface area contributed by atoms with Gasteiger partial charge in [0.05, 0.1) is 22.1 Å². The Kier molecular flexibility index (Phi) is 6.89. The first-order chi connectivity index (χ1) is 25.2. The number of hydrogen-bond donors (Lipinski definition) is 0. The second kappa shape index (κ2) is 11.9. The van der Waals surface area contributed by atoms with Gasteiger partial charge < -0.3 is 9.13 Å². The van der Waals surface area contributed by atoms with Gasteiger partial charge in [-0.15, -0.1) is 0 Å². The van der Waals surface area contributed by atoms with Gasteiger partial charge >= 0.3 is 0 Å². The summed E-state index contributed by atoms with van der Waals surface area (Å²) in [6.07, 6.45) is 5.66. The molecule has 1 aliphatic carbocycles. The minimum atomic E-state index is 0.429. The van der Waals surface area contributed by atoms with Crippen molar-refractivity contribution >= 4 is 54.9 Å². The highest BCUT2D eigenvalue weighted by atomic mass is 15.0. The normalized spacial score (nSPS) is 14.7. The van der Waals surface area contributed by atoms with Crippen molar-refractivity contribution in [2.75, 3.05) is 0 Å². The fraction of sp³-hybridized carbons (Fsp3) is 0.0612. The fourth-order valence-electron chi connectivity index (χ4n) is 8.35. The molecule has 2 aromatic heterocycles. The molecule has 10 rings (SSSR count). The smallest absolute Gasteiger partial charge is 0.0541 e. The van der Waals surface area contributed by atoms with Gasteiger partial charge in [-0.1, -0.05) is 134 Å². The minimum Gasteiger partial charge on any atom is -0.313 e. The van der Waals surface area contributed by atoms with Gasteiger partial charge in [-0.05, 0) is 100 Å². The topological polar surface area (TPSA) is 9.86 Å². The van der Waals surface area contributed by atoms with Crippen molar-refractivity contribution in [3.63, 3.8) is 0 Å². The Hall–Kier alpha value is -6.38. The number of aromatic nitrogens is 2. The molecule has 1 aliphatic rings. The van der Waals surface area contributed by atoms with E-state index in [-0.39, 0.29) is 0 Å². The van der Waals surface area contributed by atoms with Gasteiger partial charge in [-0.3, -0.25) is 0 Å². The maximum atomic E-state index is 2.49. The van der Waals surface area contributed by atoms with Gasteiger partial charge in [0.15, 0.2) is 0 Å². The maximum Gasteiger partial charge on any atom is 0.0541 e. The van der Waals surface area contributed by atoms with E-state index in [2.05, 4.69) is 198 Å². The van der Waals surface area contributed by atoms with Gasteiger partial charge in [-0.25, -0.2) is 0 Å². The SMILES string of the molecule is CC1CC(n2c3ccccc3c3cc(-c4ccc5c(c4)c4ccccc4n5-c4ccc(-c5ccccc5)cc4)ccc32)=CC=C1c1ccccc1. The Balaban J connectivity index is 1.08. The number of allylic oxidation sites excluding steroid dienone is 4. The standard InChI is InChI=1S/C49H36N2/c1-33-30-40(26-27-41(33)36-14-6-3-7-15-36)51-47-19-11-9-17-43(47)45-32-38(23-29-49(45)51)37-22-28-48-44(31-37)42-16-8-10-18-46(42)50(48)39-24-20-35(21-25-39)34-12-4-2-5-13-34/h2-29,31-33H,30H2,1H3. The zero-order chi connectivity index (χ0) is 33.9. The van der Waals surface area contributed by atoms with Crippen LogP contribution in [0.15, 0.2) is 182 Å². The lowest BCUT2D eigenvalue weighted by atomic mass is 9.86. The highest BCUT2D eigenvalue weighted by Gasteiger charge is 2.21. The first kappa shape index (κ1) is 29.5. The molecule has 0 spiro atoms. The molecule has 0 N–H and O–H groups in total. The summed E-state index contributed by atoms with van der Waals surface area (Å²) >= 11 is 0. The summed E-state index contributed by atoms with van der Waals surface area (Å²) in [5.74, 6) is 0.429. The summed E-state index contributed by atoms with van der Waals surface area (Å²) in [5, 5.41) is 5.11. The largest absolute Gasteiger partial charge is 0.313 e. The van der Waals surface area contributed by atoms with Crippen LogP contribution in [-0.2, 0) is 0 Å². The second-order valence-electron chi connectivity index (χ2n) is 13.8. The Morgan fingerprint density at radius 1 is 0.392 bits per heavy atom. The molecule has 1 unspecified atom stereocenters. The number of nitrogens with zero attached hydrogens (tertiary/aromatic N) is 2. The lowest BCUT2D eigenvalue weighted by Crippen LogP contribution is -2.08. The van der Waals surface area contributed by atoms with Crippen LogP contribution in [0.3, 0.4) is 0 Å². The van der Waals surface area contributed by atoms with Crippen LogP contribution < -0.4 is 0 Å². The number of hydrogen-bond acceptors (Lipinski definition) is 0. The van der Waals surface area contributed by atoms with E-state index in [1.165, 1.54) is 88.4 Å². The summed E-state index contributed by atoms with van der Waals surface area (Å²) in [6.45, 7) is 2.35. The Bertz CT molecular complexity index is 2810. The van der Waals surface area contributed by atoms with Crippen LogP contribution in [0.4, 0.5) is 0 Å². The van der Waals surface area contributed by atoms with Gasteiger partial charge in [0, 0.05) is 32.9 Å². The lowest BCUT2D eigenvalue weighted by molar-refractivity contribution is 0.750. The van der Waals surface area contributed by atoms with Crippen LogP contribution in [0.1, 0.15) is 18.9 Å². The third-order valence-corrected chi connectivity index (χ3v) is 10.8. The highest BCUT2D eigenvalue weighted by Crippen LogP contribution is 2.41. The number of para-hydroxylation sites is 2. The van der Waals surface area contributed by atoms with Gasteiger partial charge in [-0.2, -0.15) is 0 Å². The Morgan fingerprint density at radius 2 is 0.863 bits per heavy atom. The fourth-order valence-corrected chi connectivity index (χ4v) is 8.35. The summed E-state index contributed by atoms with van der Waals surface area (Å²) in [7, 11) is 0. The lowest BCUT2D eigenvalue weighted by Gasteiger charge is -2.24. The molecule has 0 aliphatic heterocycles. The van der Waals surface area contributed by atoms with Crippen LogP contribution in [-0.4, -0.2) is 9.13 Å². The van der Waals surface area contributed by atoms with Crippen molar-refractivity contribution in [1.82, 2.24) is 9.13 Å². The average Bonchev–Trinajstić information content (AvgIpc) is 3.71. The van der Waals surface area contributed by atoms with Crippen molar-refractivity contribution in [3.05, 3.63) is 188 Å². The predicted molar refractivity (Wildman–Crippen MR) is 217 cm³/mol. The summed E-state index contributed by atoms with van der Waals surface area (Å²) in [6, 6.07) is 62.0. The minimum absolute atomic E-state index is 0.429. The zero-order valence-corrected chi connectivity index (χ0v) is 28.5. The summed E-state index contributed by atoms with van der Waals surface area (Å²) < 4.78 is 4.89. The molecule has 2 nitrogen and oxygen atoms in total. The van der Waals surface area contributed by atoms with E-state index in [1.807, 2.05) is 0 Å². The van der Waals surface area contributed by atoms with Crippen molar-refractivity contribution in [2.45, 2.75) is 13.3 Å². The third-order valence-electron chi connectivity index (χ3n) is 10.8. The molecular weight excluding hydrogens is 617 g/mol. The maximum absolute atomic E-state index is 2.49. The molecule has 2 heteroatoms. The molecule has 9 aromatic rings. The molecule has 0 radical (unpaired) electrons. The quantitative estimate of drug-likeness (QED) is 0.175. The molecule has 242 valence electrons. The predicted octanol–water partition coefficient (Wildman–Crippen LogP) is 13.2. The third kappa shape index (κ3) is 4.87. The molecule has 0 saturated carbocycles. The Labute approximate surface area is 297 Å². The van der Waals surface area contributed by atoms with Crippen LogP contribution in [0.2, 0.25) is 0 Å². The molecule has 51 heavy (non-hydrogen) atoms. The van der Waals surface area contributed by atoms with Gasteiger partial charge in [0.25, 0.3) is 0 Å². The molecule has 2 heterocycles. The molecule has 0 saturated heterocycles. The van der Waals surface area contributed by atoms with Crippen LogP contribution in [0, 0.1) is 5.92 Å². The van der Waals surface area contributed by atoms with Gasteiger partial charge in [0.2, 0.25) is 0 Å². The second-order valence-corrected chi connectivity index (χ2v) is 13.8. The monoisotopic (exact) mass is 652 g/mol. The van der Waals surface area contributed by atoms with Crippen molar-refractivity contribution < 1.29 is 0 Å². The van der Waals surface area contributed by atoms with Crippen LogP contribution in [0.25, 0.3) is 82.8 Å². The van der Waals surface area contributed by atoms with Gasteiger partial charge in [0.1, 0.15) is 0 Å². The molecule has 0 fully saturated rings. The zero-order valence-electron chi connectivity index (χ0n) is 28.5. The van der Waals surface area contributed by atoms with Crippen molar-refractivity contribution in [3.8, 4) is 27.9 Å². The van der Waals surface area contributed by atoms with Crippen molar-refractivity contribution in [1.29, 1.82) is 0 Å².